The SMILES string of the molecule is Cc1ccc(C)c(OCc2nnc(SC(C)C(=O)NC3CCCCC3)o2)c1. The lowest BCUT2D eigenvalue weighted by Crippen LogP contribution is -2.40. The molecule has 6 nitrogen and oxygen atoms in total. The molecule has 1 aromatic carbocycles. The Bertz CT molecular complexity index is 772. The number of rotatable bonds is 7. The second-order valence-electron chi connectivity index (χ2n) is 7.12. The van der Waals surface area contributed by atoms with Crippen LogP contribution in [-0.4, -0.2) is 27.4 Å². The number of hydrogen-bond donors (Lipinski definition) is 1. The largest absolute Gasteiger partial charge is 0.484 e. The average molecular weight is 390 g/mol. The molecule has 7 heteroatoms. The van der Waals surface area contributed by atoms with Gasteiger partial charge in [-0.1, -0.05) is 43.2 Å². The van der Waals surface area contributed by atoms with E-state index in [0.29, 0.717) is 17.2 Å². The number of thioether (sulfide) groups is 1. The van der Waals surface area contributed by atoms with E-state index in [1.807, 2.05) is 39.0 Å². The van der Waals surface area contributed by atoms with Gasteiger partial charge in [0.1, 0.15) is 5.75 Å². The minimum Gasteiger partial charge on any atom is -0.484 e. The molecule has 1 amide bonds. The second kappa shape index (κ2) is 9.26. The van der Waals surface area contributed by atoms with Gasteiger partial charge in [0, 0.05) is 6.04 Å². The third-order valence-electron chi connectivity index (χ3n) is 4.74. The first-order valence-corrected chi connectivity index (χ1v) is 10.4. The Kier molecular flexibility index (Phi) is 6.77. The van der Waals surface area contributed by atoms with Gasteiger partial charge < -0.3 is 14.5 Å². The van der Waals surface area contributed by atoms with Gasteiger partial charge >= 0.3 is 0 Å². The Labute approximate surface area is 164 Å². The van der Waals surface area contributed by atoms with Gasteiger partial charge in [0.15, 0.2) is 6.61 Å². The van der Waals surface area contributed by atoms with Crippen molar-refractivity contribution >= 4 is 17.7 Å². The molecule has 0 bridgehead atoms. The summed E-state index contributed by atoms with van der Waals surface area (Å²) in [4.78, 5) is 12.4. The third-order valence-corrected chi connectivity index (χ3v) is 5.68. The summed E-state index contributed by atoms with van der Waals surface area (Å²) in [6.45, 7) is 6.09. The smallest absolute Gasteiger partial charge is 0.277 e. The average Bonchev–Trinajstić information content (AvgIpc) is 3.10. The summed E-state index contributed by atoms with van der Waals surface area (Å²) in [5.41, 5.74) is 2.19. The number of amides is 1. The molecule has 1 atom stereocenters. The van der Waals surface area contributed by atoms with E-state index in [-0.39, 0.29) is 17.8 Å². The standard InChI is InChI=1S/C20H27N3O3S/c1-13-9-10-14(2)17(11-13)25-12-18-22-23-20(26-18)27-15(3)19(24)21-16-7-5-4-6-8-16/h9-11,15-16H,4-8,12H2,1-3H3,(H,21,24). The topological polar surface area (TPSA) is 77.2 Å². The minimum atomic E-state index is -0.278. The molecule has 1 unspecified atom stereocenters. The zero-order valence-corrected chi connectivity index (χ0v) is 17.0. The highest BCUT2D eigenvalue weighted by Gasteiger charge is 2.22. The number of nitrogens with one attached hydrogen (secondary N) is 1. The van der Waals surface area contributed by atoms with Crippen LogP contribution in [0.4, 0.5) is 0 Å². The van der Waals surface area contributed by atoms with Crippen molar-refractivity contribution in [3.05, 3.63) is 35.2 Å². The van der Waals surface area contributed by atoms with Crippen molar-refractivity contribution in [2.24, 2.45) is 0 Å². The molecule has 1 aromatic heterocycles. The van der Waals surface area contributed by atoms with Crippen LogP contribution in [0.15, 0.2) is 27.8 Å². The molecule has 0 spiro atoms. The van der Waals surface area contributed by atoms with Crippen LogP contribution in [0, 0.1) is 13.8 Å². The summed E-state index contributed by atoms with van der Waals surface area (Å²) in [6, 6.07) is 6.35. The molecule has 1 aliphatic rings. The number of carbonyl (C=O) groups is 1. The Morgan fingerprint density at radius 2 is 2.07 bits per heavy atom. The van der Waals surface area contributed by atoms with Crippen LogP contribution >= 0.6 is 11.8 Å². The highest BCUT2D eigenvalue weighted by atomic mass is 32.2. The van der Waals surface area contributed by atoms with Crippen LogP contribution in [0.2, 0.25) is 0 Å². The minimum absolute atomic E-state index is 0.0262. The van der Waals surface area contributed by atoms with E-state index >= 15 is 0 Å². The van der Waals surface area contributed by atoms with Gasteiger partial charge in [-0.05, 0) is 50.8 Å². The zero-order valence-electron chi connectivity index (χ0n) is 16.2. The maximum absolute atomic E-state index is 12.4. The number of aromatic nitrogens is 2. The molecule has 3 rings (SSSR count). The fourth-order valence-corrected chi connectivity index (χ4v) is 3.83. The summed E-state index contributed by atoms with van der Waals surface area (Å²) in [5.74, 6) is 1.24. The van der Waals surface area contributed by atoms with Gasteiger partial charge in [-0.25, -0.2) is 0 Å². The van der Waals surface area contributed by atoms with Crippen molar-refractivity contribution in [2.45, 2.75) is 76.0 Å². The van der Waals surface area contributed by atoms with E-state index in [4.69, 9.17) is 9.15 Å². The van der Waals surface area contributed by atoms with E-state index in [9.17, 15) is 4.79 Å². The molecule has 1 fully saturated rings. The zero-order chi connectivity index (χ0) is 19.2. The van der Waals surface area contributed by atoms with Crippen molar-refractivity contribution in [3.63, 3.8) is 0 Å². The first-order valence-electron chi connectivity index (χ1n) is 9.50. The summed E-state index contributed by atoms with van der Waals surface area (Å²) < 4.78 is 11.4. The Morgan fingerprint density at radius 1 is 1.30 bits per heavy atom. The predicted molar refractivity (Wildman–Crippen MR) is 105 cm³/mol. The Balaban J connectivity index is 1.49. The molecule has 1 saturated carbocycles. The van der Waals surface area contributed by atoms with Crippen molar-refractivity contribution < 1.29 is 13.9 Å². The molecule has 0 aliphatic heterocycles. The molecule has 1 heterocycles. The number of carbonyl (C=O) groups excluding carboxylic acids is 1. The lowest BCUT2D eigenvalue weighted by atomic mass is 9.95. The summed E-state index contributed by atoms with van der Waals surface area (Å²) in [5, 5.41) is 11.3. The lowest BCUT2D eigenvalue weighted by Gasteiger charge is -2.23. The summed E-state index contributed by atoms with van der Waals surface area (Å²) in [6.07, 6.45) is 5.80. The summed E-state index contributed by atoms with van der Waals surface area (Å²) >= 11 is 1.28. The predicted octanol–water partition coefficient (Wildman–Crippen LogP) is 4.19. The highest BCUT2D eigenvalue weighted by molar-refractivity contribution is 8.00. The maximum Gasteiger partial charge on any atom is 0.277 e. The first-order chi connectivity index (χ1) is 13.0. The van der Waals surface area contributed by atoms with Crippen LogP contribution in [0.25, 0.3) is 0 Å². The molecule has 146 valence electrons. The lowest BCUT2D eigenvalue weighted by molar-refractivity contribution is -0.121. The van der Waals surface area contributed by atoms with Crippen molar-refractivity contribution in [3.8, 4) is 5.75 Å². The fourth-order valence-electron chi connectivity index (χ4n) is 3.12. The highest BCUT2D eigenvalue weighted by Crippen LogP contribution is 2.25. The monoisotopic (exact) mass is 389 g/mol. The Morgan fingerprint density at radius 3 is 2.85 bits per heavy atom. The van der Waals surface area contributed by atoms with Gasteiger partial charge in [0.05, 0.1) is 5.25 Å². The summed E-state index contributed by atoms with van der Waals surface area (Å²) in [7, 11) is 0. The van der Waals surface area contributed by atoms with Gasteiger partial charge in [-0.15, -0.1) is 10.2 Å². The number of ether oxygens (including phenoxy) is 1. The molecule has 2 aromatic rings. The van der Waals surface area contributed by atoms with E-state index < -0.39 is 0 Å². The van der Waals surface area contributed by atoms with Gasteiger partial charge in [-0.3, -0.25) is 4.79 Å². The van der Waals surface area contributed by atoms with Crippen LogP contribution in [0.5, 0.6) is 5.75 Å². The van der Waals surface area contributed by atoms with Crippen LogP contribution < -0.4 is 10.1 Å². The maximum atomic E-state index is 12.4. The normalized spacial score (nSPS) is 16.1. The molecule has 0 radical (unpaired) electrons. The molecule has 1 aliphatic carbocycles. The van der Waals surface area contributed by atoms with Gasteiger partial charge in [0.2, 0.25) is 5.91 Å². The number of aryl methyl sites for hydroxylation is 2. The van der Waals surface area contributed by atoms with E-state index in [1.54, 1.807) is 0 Å². The second-order valence-corrected chi connectivity index (χ2v) is 8.41. The molecule has 27 heavy (non-hydrogen) atoms. The van der Waals surface area contributed by atoms with Crippen LogP contribution in [-0.2, 0) is 11.4 Å². The molecular weight excluding hydrogens is 362 g/mol. The van der Waals surface area contributed by atoms with Gasteiger partial charge in [-0.2, -0.15) is 0 Å². The van der Waals surface area contributed by atoms with E-state index in [0.717, 1.165) is 29.7 Å². The van der Waals surface area contributed by atoms with E-state index in [1.165, 1.54) is 31.0 Å². The molecular formula is C20H27N3O3S. The van der Waals surface area contributed by atoms with E-state index in [2.05, 4.69) is 15.5 Å². The van der Waals surface area contributed by atoms with Gasteiger partial charge in [0.25, 0.3) is 11.1 Å². The van der Waals surface area contributed by atoms with Crippen molar-refractivity contribution in [1.82, 2.24) is 15.5 Å². The molecule has 0 saturated heterocycles. The van der Waals surface area contributed by atoms with Crippen LogP contribution in [0.1, 0.15) is 56.0 Å². The fraction of sp³-hybridized carbons (Fsp3) is 0.550. The third kappa shape index (κ3) is 5.73. The first kappa shape index (κ1) is 19.7. The number of hydrogen-bond acceptors (Lipinski definition) is 6. The van der Waals surface area contributed by atoms with Crippen molar-refractivity contribution in [2.75, 3.05) is 0 Å². The van der Waals surface area contributed by atoms with Crippen LogP contribution in [0.3, 0.4) is 0 Å². The number of benzene rings is 1. The Hall–Kier alpha value is -2.02. The quantitative estimate of drug-likeness (QED) is 0.715. The number of nitrogens with zero attached hydrogens (tertiary/aromatic N) is 2. The van der Waals surface area contributed by atoms with Crippen molar-refractivity contribution in [1.29, 1.82) is 0 Å². The molecule has 1 N–H and O–H groups in total.